The molecule has 0 aliphatic carbocycles. The number of anilines is 3. The van der Waals surface area contributed by atoms with Crippen molar-refractivity contribution in [2.24, 2.45) is 0 Å². The van der Waals surface area contributed by atoms with E-state index in [0.29, 0.717) is 11.4 Å². The summed E-state index contributed by atoms with van der Waals surface area (Å²) < 4.78 is 29.2. The largest absolute Gasteiger partial charge is 0.323 e. The number of fused-ring (bicyclic) bond motifs is 1. The molecule has 4 aromatic carbocycles. The summed E-state index contributed by atoms with van der Waals surface area (Å²) >= 11 is 0. The van der Waals surface area contributed by atoms with Gasteiger partial charge in [-0.05, 0) is 48.9 Å². The first-order valence-corrected chi connectivity index (χ1v) is 13.2. The van der Waals surface area contributed by atoms with E-state index < -0.39 is 15.9 Å². The highest BCUT2D eigenvalue weighted by atomic mass is 32.2. The molecular weight excluding hydrogens is 486 g/mol. The van der Waals surface area contributed by atoms with Crippen molar-refractivity contribution in [2.75, 3.05) is 21.1 Å². The van der Waals surface area contributed by atoms with Gasteiger partial charge in [0.15, 0.2) is 0 Å². The van der Waals surface area contributed by atoms with Gasteiger partial charge in [-0.15, -0.1) is 0 Å². The molecule has 37 heavy (non-hydrogen) atoms. The fraction of sp³-hybridized carbons (Fsp3) is 0.103. The first-order valence-electron chi connectivity index (χ1n) is 11.8. The molecule has 0 unspecified atom stereocenters. The Balaban J connectivity index is 1.63. The highest BCUT2D eigenvalue weighted by molar-refractivity contribution is 7.92. The summed E-state index contributed by atoms with van der Waals surface area (Å²) in [7, 11) is -4.04. The summed E-state index contributed by atoms with van der Waals surface area (Å²) in [6, 6.07) is 29.5. The van der Waals surface area contributed by atoms with E-state index >= 15 is 0 Å². The van der Waals surface area contributed by atoms with Gasteiger partial charge in [-0.1, -0.05) is 72.3 Å². The molecule has 0 bridgehead atoms. The summed E-state index contributed by atoms with van der Waals surface area (Å²) in [5.74, 6) is -0.784. The third-order valence-corrected chi connectivity index (χ3v) is 7.97. The van der Waals surface area contributed by atoms with E-state index in [1.165, 1.54) is 9.21 Å². The van der Waals surface area contributed by atoms with E-state index in [1.807, 2.05) is 37.3 Å². The van der Waals surface area contributed by atoms with Gasteiger partial charge >= 0.3 is 0 Å². The number of hydrogen-bond acceptors (Lipinski definition) is 4. The Labute approximate surface area is 216 Å². The van der Waals surface area contributed by atoms with Gasteiger partial charge in [0, 0.05) is 0 Å². The summed E-state index contributed by atoms with van der Waals surface area (Å²) in [5.41, 5.74) is 3.20. The van der Waals surface area contributed by atoms with Gasteiger partial charge in [0.2, 0.25) is 5.91 Å². The van der Waals surface area contributed by atoms with Crippen LogP contribution in [0.25, 0.3) is 0 Å². The van der Waals surface area contributed by atoms with Gasteiger partial charge in [0.05, 0.1) is 34.1 Å². The number of aryl methyl sites for hydroxylation is 1. The molecule has 0 spiro atoms. The van der Waals surface area contributed by atoms with Gasteiger partial charge in [0.1, 0.15) is 6.54 Å². The van der Waals surface area contributed by atoms with Crippen LogP contribution < -0.4 is 14.5 Å². The van der Waals surface area contributed by atoms with Crippen LogP contribution in [0.5, 0.6) is 0 Å². The Morgan fingerprint density at radius 2 is 1.51 bits per heavy atom. The Bertz CT molecular complexity index is 1570. The molecule has 4 aromatic rings. The quantitative estimate of drug-likeness (QED) is 0.395. The van der Waals surface area contributed by atoms with E-state index in [9.17, 15) is 18.0 Å². The number of para-hydroxylation sites is 3. The van der Waals surface area contributed by atoms with Crippen molar-refractivity contribution < 1.29 is 18.0 Å². The van der Waals surface area contributed by atoms with Crippen LogP contribution >= 0.6 is 0 Å². The van der Waals surface area contributed by atoms with Crippen LogP contribution in [0.15, 0.2) is 108 Å². The lowest BCUT2D eigenvalue weighted by Gasteiger charge is -2.31. The summed E-state index contributed by atoms with van der Waals surface area (Å²) in [6.07, 6.45) is 0. The Hall–Kier alpha value is -4.43. The van der Waals surface area contributed by atoms with Crippen molar-refractivity contribution in [3.8, 4) is 0 Å². The number of nitrogens with zero attached hydrogens (tertiary/aromatic N) is 2. The second-order valence-electron chi connectivity index (χ2n) is 8.78. The Kier molecular flexibility index (Phi) is 6.50. The number of amides is 2. The van der Waals surface area contributed by atoms with Crippen LogP contribution in [0.4, 0.5) is 17.1 Å². The van der Waals surface area contributed by atoms with Crippen LogP contribution in [0.3, 0.4) is 0 Å². The predicted molar refractivity (Wildman–Crippen MR) is 144 cm³/mol. The molecule has 0 saturated carbocycles. The van der Waals surface area contributed by atoms with E-state index in [2.05, 4.69) is 5.32 Å². The SMILES string of the molecule is Cc1ccc(S(=O)(=O)N(Cc2ccccc2)c2ccccc2C(=O)N2CC(=O)Nc3ccccc32)cc1. The van der Waals surface area contributed by atoms with Crippen LogP contribution in [0, 0.1) is 6.92 Å². The van der Waals surface area contributed by atoms with Gasteiger partial charge in [-0.2, -0.15) is 0 Å². The summed E-state index contributed by atoms with van der Waals surface area (Å²) in [5, 5.41) is 2.78. The number of rotatable bonds is 6. The molecule has 186 valence electrons. The molecule has 8 heteroatoms. The lowest BCUT2D eigenvalue weighted by Crippen LogP contribution is -2.43. The number of nitrogens with one attached hydrogen (secondary N) is 1. The molecular formula is C29H25N3O4S. The standard InChI is InChI=1S/C29H25N3O4S/c1-21-15-17-23(18-16-21)37(35,36)32(19-22-9-3-2-4-10-22)26-13-7-5-11-24(26)29(34)31-20-28(33)30-25-12-6-8-14-27(25)31/h2-18H,19-20H2,1H3,(H,30,33). The van der Waals surface area contributed by atoms with Crippen molar-refractivity contribution in [3.05, 3.63) is 120 Å². The molecule has 0 aromatic heterocycles. The maximum absolute atomic E-state index is 14.0. The highest BCUT2D eigenvalue weighted by Crippen LogP contribution is 2.34. The van der Waals surface area contributed by atoms with E-state index in [1.54, 1.807) is 72.8 Å². The van der Waals surface area contributed by atoms with Gasteiger partial charge < -0.3 is 5.32 Å². The Morgan fingerprint density at radius 1 is 0.865 bits per heavy atom. The topological polar surface area (TPSA) is 86.8 Å². The summed E-state index contributed by atoms with van der Waals surface area (Å²) in [6.45, 7) is 1.74. The zero-order valence-electron chi connectivity index (χ0n) is 20.2. The molecule has 1 aliphatic rings. The van der Waals surface area contributed by atoms with Crippen molar-refractivity contribution >= 4 is 38.9 Å². The zero-order valence-corrected chi connectivity index (χ0v) is 21.0. The minimum absolute atomic E-state index is 0.0262. The predicted octanol–water partition coefficient (Wildman–Crippen LogP) is 4.99. The van der Waals surface area contributed by atoms with E-state index in [-0.39, 0.29) is 35.1 Å². The van der Waals surface area contributed by atoms with Crippen LogP contribution in [-0.2, 0) is 21.4 Å². The molecule has 7 nitrogen and oxygen atoms in total. The van der Waals surface area contributed by atoms with Crippen LogP contribution in [0.1, 0.15) is 21.5 Å². The fourth-order valence-electron chi connectivity index (χ4n) is 4.32. The number of carbonyl (C=O) groups excluding carboxylic acids is 2. The van der Waals surface area contributed by atoms with Gasteiger partial charge in [-0.25, -0.2) is 8.42 Å². The van der Waals surface area contributed by atoms with Crippen molar-refractivity contribution in [3.63, 3.8) is 0 Å². The molecule has 0 fully saturated rings. The lowest BCUT2D eigenvalue weighted by atomic mass is 10.1. The molecule has 5 rings (SSSR count). The van der Waals surface area contributed by atoms with E-state index in [0.717, 1.165) is 11.1 Å². The molecule has 1 N–H and O–H groups in total. The Morgan fingerprint density at radius 3 is 2.27 bits per heavy atom. The highest BCUT2D eigenvalue weighted by Gasteiger charge is 2.33. The smallest absolute Gasteiger partial charge is 0.264 e. The van der Waals surface area contributed by atoms with Crippen molar-refractivity contribution in [2.45, 2.75) is 18.4 Å². The number of carbonyl (C=O) groups is 2. The minimum atomic E-state index is -4.04. The minimum Gasteiger partial charge on any atom is -0.323 e. The maximum atomic E-state index is 14.0. The number of benzene rings is 4. The van der Waals surface area contributed by atoms with Crippen molar-refractivity contribution in [1.29, 1.82) is 0 Å². The van der Waals surface area contributed by atoms with E-state index in [4.69, 9.17) is 0 Å². The third kappa shape index (κ3) is 4.83. The molecule has 0 saturated heterocycles. The van der Waals surface area contributed by atoms with Gasteiger partial charge in [0.25, 0.3) is 15.9 Å². The second kappa shape index (κ2) is 9.91. The maximum Gasteiger partial charge on any atom is 0.264 e. The average Bonchev–Trinajstić information content (AvgIpc) is 2.91. The monoisotopic (exact) mass is 511 g/mol. The number of sulfonamides is 1. The summed E-state index contributed by atoms with van der Waals surface area (Å²) in [4.78, 5) is 27.8. The molecule has 1 heterocycles. The first kappa shape index (κ1) is 24.3. The normalized spacial score (nSPS) is 13.0. The number of hydrogen-bond donors (Lipinski definition) is 1. The zero-order chi connectivity index (χ0) is 26.0. The average molecular weight is 512 g/mol. The molecule has 2 amide bonds. The third-order valence-electron chi connectivity index (χ3n) is 6.20. The molecule has 1 aliphatic heterocycles. The van der Waals surface area contributed by atoms with Crippen LogP contribution in [-0.4, -0.2) is 26.8 Å². The lowest BCUT2D eigenvalue weighted by molar-refractivity contribution is -0.115. The molecule has 0 atom stereocenters. The van der Waals surface area contributed by atoms with Crippen molar-refractivity contribution in [1.82, 2.24) is 0 Å². The van der Waals surface area contributed by atoms with Gasteiger partial charge in [-0.3, -0.25) is 18.8 Å². The first-order chi connectivity index (χ1) is 17.8. The fourth-order valence-corrected chi connectivity index (χ4v) is 5.79. The second-order valence-corrected chi connectivity index (χ2v) is 10.6. The van der Waals surface area contributed by atoms with Crippen LogP contribution in [0.2, 0.25) is 0 Å². The molecule has 0 radical (unpaired) electrons.